The molecular formula is C12H19N3O4. The molecule has 0 rings (SSSR count). The summed E-state index contributed by atoms with van der Waals surface area (Å²) in [6, 6.07) is 1.33. The fourth-order valence-electron chi connectivity index (χ4n) is 1.27. The van der Waals surface area contributed by atoms with E-state index in [1.165, 1.54) is 25.8 Å². The molecular weight excluding hydrogens is 250 g/mol. The first kappa shape index (κ1) is 16.9. The summed E-state index contributed by atoms with van der Waals surface area (Å²) in [4.78, 5) is 35.2. The molecule has 0 aromatic carbocycles. The minimum absolute atomic E-state index is 0.192. The molecule has 0 saturated heterocycles. The van der Waals surface area contributed by atoms with Crippen molar-refractivity contribution in [2.45, 2.75) is 27.2 Å². The third-order valence-electron chi connectivity index (χ3n) is 2.54. The first-order valence-electron chi connectivity index (χ1n) is 5.78. The number of hydrogen-bond acceptors (Lipinski definition) is 4. The van der Waals surface area contributed by atoms with E-state index in [0.29, 0.717) is 0 Å². The van der Waals surface area contributed by atoms with E-state index in [4.69, 9.17) is 10.4 Å². The number of nitrogens with one attached hydrogen (secondary N) is 1. The highest BCUT2D eigenvalue weighted by Crippen LogP contribution is 2.19. The molecule has 106 valence electrons. The maximum atomic E-state index is 11.6. The van der Waals surface area contributed by atoms with Gasteiger partial charge >= 0.3 is 12.0 Å². The second-order valence-electron chi connectivity index (χ2n) is 5.13. The van der Waals surface area contributed by atoms with Gasteiger partial charge in [0.05, 0.1) is 17.4 Å². The zero-order valence-electron chi connectivity index (χ0n) is 11.6. The predicted molar refractivity (Wildman–Crippen MR) is 67.0 cm³/mol. The van der Waals surface area contributed by atoms with E-state index in [1.807, 2.05) is 6.07 Å². The third kappa shape index (κ3) is 5.86. The number of amides is 3. The van der Waals surface area contributed by atoms with Gasteiger partial charge in [-0.3, -0.25) is 14.9 Å². The van der Waals surface area contributed by atoms with Gasteiger partial charge in [0, 0.05) is 20.0 Å². The second-order valence-corrected chi connectivity index (χ2v) is 5.13. The van der Waals surface area contributed by atoms with Gasteiger partial charge in [0.1, 0.15) is 0 Å². The molecule has 0 aromatic heterocycles. The highest BCUT2D eigenvalue weighted by atomic mass is 16.4. The third-order valence-corrected chi connectivity index (χ3v) is 2.54. The van der Waals surface area contributed by atoms with Gasteiger partial charge < -0.3 is 10.0 Å². The summed E-state index contributed by atoms with van der Waals surface area (Å²) < 4.78 is 0. The summed E-state index contributed by atoms with van der Waals surface area (Å²) in [5.74, 6) is -2.11. The average molecular weight is 269 g/mol. The number of aliphatic carboxylic acids is 1. The van der Waals surface area contributed by atoms with Crippen LogP contribution in [-0.4, -0.2) is 41.5 Å². The van der Waals surface area contributed by atoms with Crippen LogP contribution in [0.1, 0.15) is 27.2 Å². The van der Waals surface area contributed by atoms with Crippen molar-refractivity contribution in [1.29, 1.82) is 5.26 Å². The van der Waals surface area contributed by atoms with Gasteiger partial charge in [-0.1, -0.05) is 0 Å². The Balaban J connectivity index is 4.39. The smallest absolute Gasteiger partial charge is 0.323 e. The van der Waals surface area contributed by atoms with Crippen molar-refractivity contribution in [1.82, 2.24) is 10.2 Å². The number of carboxylic acids is 1. The van der Waals surface area contributed by atoms with E-state index in [2.05, 4.69) is 5.32 Å². The number of nitriles is 1. The molecule has 0 radical (unpaired) electrons. The lowest BCUT2D eigenvalue weighted by Gasteiger charge is -2.21. The molecule has 0 heterocycles. The van der Waals surface area contributed by atoms with E-state index in [-0.39, 0.29) is 18.9 Å². The molecule has 0 fully saturated rings. The molecule has 0 saturated carbocycles. The van der Waals surface area contributed by atoms with Crippen molar-refractivity contribution >= 4 is 17.9 Å². The van der Waals surface area contributed by atoms with Gasteiger partial charge in [-0.2, -0.15) is 5.26 Å². The largest absolute Gasteiger partial charge is 0.481 e. The second kappa shape index (κ2) is 6.73. The van der Waals surface area contributed by atoms with Crippen LogP contribution < -0.4 is 5.32 Å². The van der Waals surface area contributed by atoms with Crippen molar-refractivity contribution in [3.05, 3.63) is 0 Å². The molecule has 0 spiro atoms. The molecule has 1 atom stereocenters. The Labute approximate surface area is 112 Å². The van der Waals surface area contributed by atoms with Crippen LogP contribution >= 0.6 is 0 Å². The highest BCUT2D eigenvalue weighted by molar-refractivity contribution is 5.96. The summed E-state index contributed by atoms with van der Waals surface area (Å²) in [7, 11) is 1.46. The first-order valence-corrected chi connectivity index (χ1v) is 5.78. The quantitative estimate of drug-likeness (QED) is 0.767. The molecule has 2 N–H and O–H groups in total. The van der Waals surface area contributed by atoms with Crippen LogP contribution in [0.25, 0.3) is 0 Å². The van der Waals surface area contributed by atoms with E-state index >= 15 is 0 Å². The Bertz CT molecular complexity index is 412. The normalized spacial score (nSPS) is 12.2. The number of nitrogens with zero attached hydrogens (tertiary/aromatic N) is 2. The molecule has 1 unspecified atom stereocenters. The molecule has 0 aliphatic carbocycles. The summed E-state index contributed by atoms with van der Waals surface area (Å²) in [5, 5.41) is 19.6. The summed E-state index contributed by atoms with van der Waals surface area (Å²) in [5.41, 5.74) is -1.23. The number of carboxylic acid groups (broad SMARTS) is 1. The number of hydrogen-bond donors (Lipinski definition) is 2. The molecule has 19 heavy (non-hydrogen) atoms. The molecule has 0 aliphatic heterocycles. The van der Waals surface area contributed by atoms with Gasteiger partial charge in [0.15, 0.2) is 0 Å². The molecule has 0 aromatic rings. The van der Waals surface area contributed by atoms with Crippen LogP contribution in [-0.2, 0) is 9.59 Å². The van der Waals surface area contributed by atoms with Crippen molar-refractivity contribution in [3.8, 4) is 6.07 Å². The lowest BCUT2D eigenvalue weighted by molar-refractivity contribution is -0.149. The van der Waals surface area contributed by atoms with Crippen molar-refractivity contribution in [2.75, 3.05) is 13.6 Å². The number of imide groups is 1. The summed E-state index contributed by atoms with van der Waals surface area (Å²) in [6.07, 6.45) is -0.296. The van der Waals surface area contributed by atoms with Crippen LogP contribution in [0.15, 0.2) is 0 Å². The van der Waals surface area contributed by atoms with Crippen molar-refractivity contribution < 1.29 is 19.5 Å². The Kier molecular flexibility index (Phi) is 5.99. The molecule has 3 amide bonds. The van der Waals surface area contributed by atoms with E-state index in [0.717, 1.165) is 0 Å². The number of carbonyl (C=O) groups is 3. The standard InChI is InChI=1S/C12H19N3O4/c1-8(6-13)7-15(4)11(19)14-9(16)5-12(2,3)10(17)18/h8H,5,7H2,1-4H3,(H,17,18)(H,14,16,19). The zero-order valence-corrected chi connectivity index (χ0v) is 11.6. The van der Waals surface area contributed by atoms with Gasteiger partial charge in [0.2, 0.25) is 5.91 Å². The molecule has 7 heteroatoms. The van der Waals surface area contributed by atoms with Crippen molar-refractivity contribution in [3.63, 3.8) is 0 Å². The SMILES string of the molecule is CC(C#N)CN(C)C(=O)NC(=O)CC(C)(C)C(=O)O. The van der Waals surface area contributed by atoms with Crippen LogP contribution in [0.4, 0.5) is 4.79 Å². The fraction of sp³-hybridized carbons (Fsp3) is 0.667. The number of carbonyl (C=O) groups excluding carboxylic acids is 2. The Hall–Kier alpha value is -2.10. The lowest BCUT2D eigenvalue weighted by atomic mass is 9.89. The maximum Gasteiger partial charge on any atom is 0.323 e. The van der Waals surface area contributed by atoms with Gasteiger partial charge in [-0.05, 0) is 20.8 Å². The number of urea groups is 1. The van der Waals surface area contributed by atoms with Crippen LogP contribution in [0.3, 0.4) is 0 Å². The van der Waals surface area contributed by atoms with Gasteiger partial charge in [-0.15, -0.1) is 0 Å². The summed E-state index contributed by atoms with van der Waals surface area (Å²) >= 11 is 0. The Morgan fingerprint density at radius 2 is 1.95 bits per heavy atom. The highest BCUT2D eigenvalue weighted by Gasteiger charge is 2.31. The van der Waals surface area contributed by atoms with Crippen LogP contribution in [0.2, 0.25) is 0 Å². The molecule has 0 bridgehead atoms. The van der Waals surface area contributed by atoms with E-state index < -0.39 is 23.3 Å². The lowest BCUT2D eigenvalue weighted by Crippen LogP contribution is -2.44. The Morgan fingerprint density at radius 1 is 1.42 bits per heavy atom. The van der Waals surface area contributed by atoms with E-state index in [9.17, 15) is 14.4 Å². The summed E-state index contributed by atoms with van der Waals surface area (Å²) in [6.45, 7) is 4.65. The van der Waals surface area contributed by atoms with Crippen LogP contribution in [0.5, 0.6) is 0 Å². The van der Waals surface area contributed by atoms with Crippen molar-refractivity contribution in [2.24, 2.45) is 11.3 Å². The van der Waals surface area contributed by atoms with Gasteiger partial charge in [0.25, 0.3) is 0 Å². The van der Waals surface area contributed by atoms with Gasteiger partial charge in [-0.25, -0.2) is 4.79 Å². The minimum Gasteiger partial charge on any atom is -0.481 e. The monoisotopic (exact) mass is 269 g/mol. The maximum absolute atomic E-state index is 11.6. The predicted octanol–water partition coefficient (Wildman–Crippen LogP) is 0.815. The minimum atomic E-state index is -1.23. The first-order chi connectivity index (χ1) is 8.60. The Morgan fingerprint density at radius 3 is 2.37 bits per heavy atom. The zero-order chi connectivity index (χ0) is 15.2. The molecule has 0 aliphatic rings. The van der Waals surface area contributed by atoms with Crippen LogP contribution in [0, 0.1) is 22.7 Å². The fourth-order valence-corrected chi connectivity index (χ4v) is 1.27. The average Bonchev–Trinajstić information content (AvgIpc) is 2.27. The molecule has 7 nitrogen and oxygen atoms in total. The van der Waals surface area contributed by atoms with E-state index in [1.54, 1.807) is 6.92 Å². The topological polar surface area (TPSA) is 111 Å². The number of rotatable bonds is 5.